The maximum Gasteiger partial charge on any atom is 0.494 e. The molecular weight excluding hydrogens is 281 g/mol. The first-order chi connectivity index (χ1) is 10.1. The van der Waals surface area contributed by atoms with E-state index in [-0.39, 0.29) is 30.8 Å². The van der Waals surface area contributed by atoms with Gasteiger partial charge in [0.2, 0.25) is 0 Å². The van der Waals surface area contributed by atoms with Crippen LogP contribution in [0.2, 0.25) is 0 Å². The van der Waals surface area contributed by atoms with Crippen LogP contribution in [-0.2, 0) is 14.0 Å². The van der Waals surface area contributed by atoms with Crippen molar-refractivity contribution in [2.75, 3.05) is 6.61 Å². The maximum absolute atomic E-state index is 10.7. The first kappa shape index (κ1) is 16.8. The highest BCUT2D eigenvalue weighted by molar-refractivity contribution is 6.62. The molecular formula is C16H24BNO4. The number of carbonyl (C=O) groups is 1. The fourth-order valence-corrected chi connectivity index (χ4v) is 2.26. The standard InChI is InChI=1S/C16H24BNO4/c1-11(10-20-14(18)19)12-6-8-13(9-7-12)17-21-15(2,3)16(4,5)22-17/h6-9,11H,10H2,1-5H3,(H2,18,19). The van der Waals surface area contributed by atoms with Gasteiger partial charge in [-0.15, -0.1) is 0 Å². The molecule has 0 spiro atoms. The van der Waals surface area contributed by atoms with Gasteiger partial charge in [-0.1, -0.05) is 31.2 Å². The molecule has 0 aromatic heterocycles. The Morgan fingerprint density at radius 2 is 1.68 bits per heavy atom. The van der Waals surface area contributed by atoms with E-state index in [9.17, 15) is 4.79 Å². The summed E-state index contributed by atoms with van der Waals surface area (Å²) >= 11 is 0. The molecule has 0 bridgehead atoms. The molecule has 22 heavy (non-hydrogen) atoms. The van der Waals surface area contributed by atoms with Gasteiger partial charge in [-0.3, -0.25) is 0 Å². The smallest absolute Gasteiger partial charge is 0.449 e. The molecule has 2 rings (SSSR count). The van der Waals surface area contributed by atoms with Crippen molar-refractivity contribution in [3.05, 3.63) is 29.8 Å². The summed E-state index contributed by atoms with van der Waals surface area (Å²) in [6, 6.07) is 7.96. The number of amides is 1. The highest BCUT2D eigenvalue weighted by Crippen LogP contribution is 2.36. The van der Waals surface area contributed by atoms with Gasteiger partial charge in [0.15, 0.2) is 0 Å². The normalized spacial score (nSPS) is 20.7. The number of carbonyl (C=O) groups excluding carboxylic acids is 1. The molecule has 1 aromatic rings. The van der Waals surface area contributed by atoms with E-state index in [0.717, 1.165) is 11.0 Å². The van der Waals surface area contributed by atoms with Gasteiger partial charge in [-0.25, -0.2) is 4.79 Å². The van der Waals surface area contributed by atoms with Gasteiger partial charge >= 0.3 is 13.2 Å². The second-order valence-corrected chi connectivity index (χ2v) is 6.79. The summed E-state index contributed by atoms with van der Waals surface area (Å²) in [5.74, 6) is 0.0832. The number of primary amides is 1. The molecule has 1 aliphatic rings. The monoisotopic (exact) mass is 305 g/mol. The van der Waals surface area contributed by atoms with E-state index in [1.54, 1.807) is 0 Å². The van der Waals surface area contributed by atoms with Crippen molar-refractivity contribution in [2.24, 2.45) is 5.73 Å². The molecule has 0 radical (unpaired) electrons. The first-order valence-electron chi connectivity index (χ1n) is 7.50. The van der Waals surface area contributed by atoms with E-state index in [4.69, 9.17) is 19.8 Å². The van der Waals surface area contributed by atoms with Crippen LogP contribution in [0.4, 0.5) is 4.79 Å². The Balaban J connectivity index is 2.05. The van der Waals surface area contributed by atoms with E-state index in [1.807, 2.05) is 58.9 Å². The molecule has 1 atom stereocenters. The number of nitrogens with two attached hydrogens (primary N) is 1. The molecule has 0 aliphatic carbocycles. The zero-order chi connectivity index (χ0) is 16.5. The van der Waals surface area contributed by atoms with Crippen LogP contribution in [0, 0.1) is 0 Å². The van der Waals surface area contributed by atoms with Gasteiger partial charge in [-0.2, -0.15) is 0 Å². The summed E-state index contributed by atoms with van der Waals surface area (Å²) in [6.45, 7) is 10.4. The van der Waals surface area contributed by atoms with Crippen molar-refractivity contribution in [1.82, 2.24) is 0 Å². The predicted molar refractivity (Wildman–Crippen MR) is 86.1 cm³/mol. The number of hydrogen-bond acceptors (Lipinski definition) is 4. The zero-order valence-corrected chi connectivity index (χ0v) is 13.9. The highest BCUT2D eigenvalue weighted by atomic mass is 16.7. The lowest BCUT2D eigenvalue weighted by molar-refractivity contribution is 0.00578. The SMILES string of the molecule is CC(COC(N)=O)c1ccc(B2OC(C)(C)C(C)(C)O2)cc1. The van der Waals surface area contributed by atoms with Gasteiger partial charge in [-0.05, 0) is 38.7 Å². The Labute approximate surface area is 132 Å². The van der Waals surface area contributed by atoms with Crippen LogP contribution in [0.3, 0.4) is 0 Å². The van der Waals surface area contributed by atoms with Gasteiger partial charge < -0.3 is 19.8 Å². The average Bonchev–Trinajstić information content (AvgIpc) is 2.65. The molecule has 1 aliphatic heterocycles. The van der Waals surface area contributed by atoms with Gasteiger partial charge in [0.25, 0.3) is 0 Å². The van der Waals surface area contributed by atoms with Crippen LogP contribution in [0.25, 0.3) is 0 Å². The largest absolute Gasteiger partial charge is 0.494 e. The maximum atomic E-state index is 10.7. The van der Waals surface area contributed by atoms with Crippen LogP contribution < -0.4 is 11.2 Å². The first-order valence-corrected chi connectivity index (χ1v) is 7.50. The molecule has 6 heteroatoms. The second kappa shape index (κ2) is 5.93. The molecule has 1 heterocycles. The van der Waals surface area contributed by atoms with E-state index in [2.05, 4.69) is 0 Å². The van der Waals surface area contributed by atoms with E-state index < -0.39 is 6.09 Å². The average molecular weight is 305 g/mol. The summed E-state index contributed by atoms with van der Waals surface area (Å²) in [6.07, 6.45) is -0.749. The summed E-state index contributed by atoms with van der Waals surface area (Å²) in [4.78, 5) is 10.7. The Bertz CT molecular complexity index is 526. The number of rotatable bonds is 4. The molecule has 1 amide bonds. The van der Waals surface area contributed by atoms with Crippen molar-refractivity contribution in [2.45, 2.75) is 51.7 Å². The van der Waals surface area contributed by atoms with Crippen molar-refractivity contribution in [3.8, 4) is 0 Å². The summed E-state index contributed by atoms with van der Waals surface area (Å²) in [5, 5.41) is 0. The van der Waals surface area contributed by atoms with E-state index >= 15 is 0 Å². The van der Waals surface area contributed by atoms with Crippen LogP contribution in [-0.4, -0.2) is 31.0 Å². The van der Waals surface area contributed by atoms with Crippen LogP contribution >= 0.6 is 0 Å². The molecule has 1 unspecified atom stereocenters. The third-order valence-corrected chi connectivity index (χ3v) is 4.51. The van der Waals surface area contributed by atoms with Gasteiger partial charge in [0.1, 0.15) is 0 Å². The van der Waals surface area contributed by atoms with Crippen LogP contribution in [0.15, 0.2) is 24.3 Å². The molecule has 2 N–H and O–H groups in total. The number of hydrogen-bond donors (Lipinski definition) is 1. The third-order valence-electron chi connectivity index (χ3n) is 4.51. The number of benzene rings is 1. The Morgan fingerprint density at radius 3 is 2.14 bits per heavy atom. The summed E-state index contributed by atoms with van der Waals surface area (Å²) in [7, 11) is -0.365. The Morgan fingerprint density at radius 1 is 1.18 bits per heavy atom. The minimum absolute atomic E-state index is 0.0832. The quantitative estimate of drug-likeness (QED) is 0.866. The molecule has 1 aromatic carbocycles. The van der Waals surface area contributed by atoms with Crippen molar-refractivity contribution < 1.29 is 18.8 Å². The predicted octanol–water partition coefficient (Wildman–Crippen LogP) is 2.18. The van der Waals surface area contributed by atoms with E-state index in [1.165, 1.54) is 0 Å². The molecule has 1 saturated heterocycles. The fraction of sp³-hybridized carbons (Fsp3) is 0.562. The van der Waals surface area contributed by atoms with E-state index in [0.29, 0.717) is 0 Å². The van der Waals surface area contributed by atoms with Crippen LogP contribution in [0.5, 0.6) is 0 Å². The topological polar surface area (TPSA) is 70.8 Å². The van der Waals surface area contributed by atoms with Gasteiger partial charge in [0, 0.05) is 5.92 Å². The zero-order valence-electron chi connectivity index (χ0n) is 13.9. The van der Waals surface area contributed by atoms with Crippen LogP contribution in [0.1, 0.15) is 46.1 Å². The fourth-order valence-electron chi connectivity index (χ4n) is 2.26. The Hall–Kier alpha value is -1.53. The lowest BCUT2D eigenvalue weighted by atomic mass is 9.78. The van der Waals surface area contributed by atoms with Crippen molar-refractivity contribution in [3.63, 3.8) is 0 Å². The minimum Gasteiger partial charge on any atom is -0.449 e. The molecule has 1 fully saturated rings. The lowest BCUT2D eigenvalue weighted by Crippen LogP contribution is -2.41. The number of ether oxygens (including phenoxy) is 1. The highest BCUT2D eigenvalue weighted by Gasteiger charge is 2.51. The Kier molecular flexibility index (Phi) is 4.54. The lowest BCUT2D eigenvalue weighted by Gasteiger charge is -2.32. The van der Waals surface area contributed by atoms with Gasteiger partial charge in [0.05, 0.1) is 17.8 Å². The van der Waals surface area contributed by atoms with Crippen molar-refractivity contribution in [1.29, 1.82) is 0 Å². The molecule has 0 saturated carbocycles. The second-order valence-electron chi connectivity index (χ2n) is 6.79. The van der Waals surface area contributed by atoms with Crippen molar-refractivity contribution >= 4 is 18.7 Å². The molecule has 5 nitrogen and oxygen atoms in total. The minimum atomic E-state index is -0.749. The summed E-state index contributed by atoms with van der Waals surface area (Å²) in [5.41, 5.74) is 6.33. The third kappa shape index (κ3) is 3.44. The molecule has 120 valence electrons. The summed E-state index contributed by atoms with van der Waals surface area (Å²) < 4.78 is 16.9.